The molecule has 0 amide bonds. The third-order valence-corrected chi connectivity index (χ3v) is 3.96. The van der Waals surface area contributed by atoms with Crippen molar-refractivity contribution in [3.8, 4) is 0 Å². The van der Waals surface area contributed by atoms with Gasteiger partial charge < -0.3 is 0 Å². The average Bonchev–Trinajstić information content (AvgIpc) is 2.86. The molecule has 109 valence electrons. The van der Waals surface area contributed by atoms with Crippen molar-refractivity contribution in [3.05, 3.63) is 23.8 Å². The van der Waals surface area contributed by atoms with Crippen molar-refractivity contribution < 1.29 is 0 Å². The van der Waals surface area contributed by atoms with Gasteiger partial charge in [0.15, 0.2) is 0 Å². The van der Waals surface area contributed by atoms with Crippen LogP contribution in [0.15, 0.2) is 23.2 Å². The molecule has 1 aliphatic heterocycles. The second-order valence-corrected chi connectivity index (χ2v) is 5.81. The number of fused-ring (bicyclic) bond motifs is 1. The van der Waals surface area contributed by atoms with Crippen LogP contribution in [-0.2, 0) is 0 Å². The zero-order valence-corrected chi connectivity index (χ0v) is 13.0. The Balaban J connectivity index is 1.60. The molecule has 1 aromatic rings. The van der Waals surface area contributed by atoms with E-state index in [-0.39, 0.29) is 0 Å². The summed E-state index contributed by atoms with van der Waals surface area (Å²) in [6.45, 7) is 4.38. The molecule has 2 rings (SSSR count). The zero-order chi connectivity index (χ0) is 14.2. The number of hydrogen-bond donors (Lipinski definition) is 0. The Morgan fingerprint density at radius 1 is 0.900 bits per heavy atom. The van der Waals surface area contributed by atoms with Crippen molar-refractivity contribution in [1.82, 2.24) is 5.32 Å². The monoisotopic (exact) mass is 271 g/mol. The van der Waals surface area contributed by atoms with Gasteiger partial charge in [-0.15, -0.1) is 0 Å². The summed E-state index contributed by atoms with van der Waals surface area (Å²) in [6, 6.07) is 6.23. The fraction of sp³-hybridized carbons (Fsp3) is 0.611. The highest BCUT2D eigenvalue weighted by Crippen LogP contribution is 2.34. The Morgan fingerprint density at radius 3 is 2.30 bits per heavy atom. The van der Waals surface area contributed by atoms with Crippen LogP contribution in [0.4, 0.5) is 11.4 Å². The molecule has 1 aliphatic rings. The number of nitrogens with zero attached hydrogens (tertiary/aromatic N) is 2. The van der Waals surface area contributed by atoms with E-state index in [0.717, 1.165) is 23.6 Å². The van der Waals surface area contributed by atoms with Gasteiger partial charge in [-0.1, -0.05) is 64.0 Å². The smallest absolute Gasteiger partial charge is 0.129 e. The van der Waals surface area contributed by atoms with Gasteiger partial charge >= 0.3 is 0 Å². The minimum absolute atomic E-state index is 1.03. The topological polar surface area (TPSA) is 26.5 Å². The number of amidine groups is 1. The van der Waals surface area contributed by atoms with Crippen molar-refractivity contribution >= 4 is 17.2 Å². The maximum Gasteiger partial charge on any atom is 0.129 e. The minimum atomic E-state index is 1.03. The molecular weight excluding hydrogens is 244 g/mol. The molecule has 0 saturated heterocycles. The van der Waals surface area contributed by atoms with Gasteiger partial charge in [-0.05, 0) is 25.0 Å². The van der Waals surface area contributed by atoms with E-state index in [1.807, 2.05) is 0 Å². The first-order chi connectivity index (χ1) is 9.81. The molecule has 20 heavy (non-hydrogen) atoms. The van der Waals surface area contributed by atoms with Crippen LogP contribution >= 0.6 is 0 Å². The Labute approximate surface area is 123 Å². The Bertz CT molecular complexity index is 449. The molecule has 0 spiro atoms. The van der Waals surface area contributed by atoms with Crippen LogP contribution in [0.2, 0.25) is 0 Å². The van der Waals surface area contributed by atoms with E-state index in [2.05, 4.69) is 42.4 Å². The van der Waals surface area contributed by atoms with Gasteiger partial charge in [0, 0.05) is 6.42 Å². The van der Waals surface area contributed by atoms with Crippen LogP contribution in [-0.4, -0.2) is 5.84 Å². The number of aliphatic imine (C=N–C) groups is 1. The summed E-state index contributed by atoms with van der Waals surface area (Å²) >= 11 is 0. The summed E-state index contributed by atoms with van der Waals surface area (Å²) in [5.74, 6) is 1.03. The van der Waals surface area contributed by atoms with Crippen molar-refractivity contribution in [2.75, 3.05) is 0 Å². The molecule has 1 heterocycles. The highest BCUT2D eigenvalue weighted by Gasteiger charge is 2.16. The molecule has 0 atom stereocenters. The SMILES string of the molecule is CCCCCCCCCCC1=Nc2c(C)cccc2[N]1. The van der Waals surface area contributed by atoms with E-state index in [1.165, 1.54) is 56.9 Å². The summed E-state index contributed by atoms with van der Waals surface area (Å²) in [5, 5.41) is 4.62. The first-order valence-corrected chi connectivity index (χ1v) is 8.20. The third-order valence-electron chi connectivity index (χ3n) is 3.96. The predicted octanol–water partition coefficient (Wildman–Crippen LogP) is 5.81. The van der Waals surface area contributed by atoms with Crippen LogP contribution in [0.25, 0.3) is 0 Å². The third kappa shape index (κ3) is 4.36. The fourth-order valence-electron chi connectivity index (χ4n) is 2.70. The zero-order valence-electron chi connectivity index (χ0n) is 13.0. The first-order valence-electron chi connectivity index (χ1n) is 8.20. The lowest BCUT2D eigenvalue weighted by atomic mass is 10.1. The largest absolute Gasteiger partial charge is 0.231 e. The second-order valence-electron chi connectivity index (χ2n) is 5.81. The summed E-state index contributed by atoms with van der Waals surface area (Å²) in [6.07, 6.45) is 11.9. The maximum atomic E-state index is 4.66. The van der Waals surface area contributed by atoms with Gasteiger partial charge in [0.2, 0.25) is 0 Å². The minimum Gasteiger partial charge on any atom is -0.231 e. The van der Waals surface area contributed by atoms with Gasteiger partial charge in [0.25, 0.3) is 0 Å². The molecule has 0 aliphatic carbocycles. The first kappa shape index (κ1) is 15.1. The standard InChI is InChI=1S/C18H27N2/c1-3-4-5-6-7-8-9-10-14-17-19-16-13-11-12-15(2)18(16)20-17/h11-13H,3-10,14H2,1-2H3. The van der Waals surface area contributed by atoms with Crippen LogP contribution in [0, 0.1) is 6.92 Å². The highest BCUT2D eigenvalue weighted by molar-refractivity contribution is 5.96. The van der Waals surface area contributed by atoms with Gasteiger partial charge in [-0.2, -0.15) is 0 Å². The molecular formula is C18H27N2. The van der Waals surface area contributed by atoms with Crippen LogP contribution in [0.3, 0.4) is 0 Å². The van der Waals surface area contributed by atoms with E-state index in [1.54, 1.807) is 0 Å². The molecule has 0 aromatic heterocycles. The Hall–Kier alpha value is -1.31. The summed E-state index contributed by atoms with van der Waals surface area (Å²) in [4.78, 5) is 4.66. The van der Waals surface area contributed by atoms with E-state index in [0.29, 0.717) is 0 Å². The summed E-state index contributed by atoms with van der Waals surface area (Å²) in [7, 11) is 0. The molecule has 1 aromatic carbocycles. The maximum absolute atomic E-state index is 4.66. The Kier molecular flexibility index (Phi) is 6.10. The van der Waals surface area contributed by atoms with Crippen molar-refractivity contribution in [2.24, 2.45) is 4.99 Å². The molecule has 1 radical (unpaired) electrons. The van der Waals surface area contributed by atoms with E-state index in [9.17, 15) is 0 Å². The molecule has 0 fully saturated rings. The van der Waals surface area contributed by atoms with E-state index < -0.39 is 0 Å². The Morgan fingerprint density at radius 2 is 1.60 bits per heavy atom. The highest BCUT2D eigenvalue weighted by atomic mass is 15.1. The van der Waals surface area contributed by atoms with Gasteiger partial charge in [0.1, 0.15) is 5.84 Å². The van der Waals surface area contributed by atoms with Crippen LogP contribution in [0.5, 0.6) is 0 Å². The molecule has 0 unspecified atom stereocenters. The number of rotatable bonds is 9. The molecule has 0 saturated carbocycles. The number of hydrogen-bond acceptors (Lipinski definition) is 1. The molecule has 0 bridgehead atoms. The number of benzene rings is 1. The average molecular weight is 271 g/mol. The van der Waals surface area contributed by atoms with E-state index >= 15 is 0 Å². The lowest BCUT2D eigenvalue weighted by molar-refractivity contribution is 0.579. The van der Waals surface area contributed by atoms with E-state index in [4.69, 9.17) is 0 Å². The number of unbranched alkanes of at least 4 members (excludes halogenated alkanes) is 7. The number of aryl methyl sites for hydroxylation is 1. The predicted molar refractivity (Wildman–Crippen MR) is 87.3 cm³/mol. The fourth-order valence-corrected chi connectivity index (χ4v) is 2.70. The van der Waals surface area contributed by atoms with Crippen molar-refractivity contribution in [2.45, 2.75) is 71.6 Å². The lowest BCUT2D eigenvalue weighted by Crippen LogP contribution is -2.05. The van der Waals surface area contributed by atoms with Gasteiger partial charge in [0.05, 0.1) is 11.4 Å². The number of para-hydroxylation sites is 1. The lowest BCUT2D eigenvalue weighted by Gasteiger charge is -2.02. The molecule has 2 nitrogen and oxygen atoms in total. The van der Waals surface area contributed by atoms with Gasteiger partial charge in [-0.3, -0.25) is 0 Å². The quantitative estimate of drug-likeness (QED) is 0.507. The summed E-state index contributed by atoms with van der Waals surface area (Å²) in [5.41, 5.74) is 3.37. The van der Waals surface area contributed by atoms with Crippen LogP contribution < -0.4 is 5.32 Å². The summed E-state index contributed by atoms with van der Waals surface area (Å²) < 4.78 is 0. The normalized spacial score (nSPS) is 13.0. The molecule has 0 N–H and O–H groups in total. The molecule has 2 heteroatoms. The van der Waals surface area contributed by atoms with Crippen LogP contribution in [0.1, 0.15) is 70.3 Å². The second kappa shape index (κ2) is 8.08. The van der Waals surface area contributed by atoms with Crippen molar-refractivity contribution in [3.63, 3.8) is 0 Å². The van der Waals surface area contributed by atoms with Gasteiger partial charge in [-0.25, -0.2) is 10.3 Å². The van der Waals surface area contributed by atoms with Crippen molar-refractivity contribution in [1.29, 1.82) is 0 Å².